The molecule has 0 bridgehead atoms. The second-order valence-electron chi connectivity index (χ2n) is 6.99. The predicted octanol–water partition coefficient (Wildman–Crippen LogP) is 1.21. The molecule has 1 aliphatic rings. The van der Waals surface area contributed by atoms with E-state index in [0.717, 1.165) is 15.4 Å². The highest BCUT2D eigenvalue weighted by Gasteiger charge is 2.26. The number of rotatable bonds is 3. The number of piperazine rings is 1. The first-order valence-corrected chi connectivity index (χ1v) is 10.0. The summed E-state index contributed by atoms with van der Waals surface area (Å²) in [4.78, 5) is 32.1. The molecule has 7 nitrogen and oxygen atoms in total. The monoisotopic (exact) mass is 455 g/mol. The minimum atomic E-state index is -1.56. The van der Waals surface area contributed by atoms with Crippen molar-refractivity contribution in [2.75, 3.05) is 26.2 Å². The zero-order valence-corrected chi connectivity index (χ0v) is 17.1. The SMILES string of the molecule is O=C(c1ccc(B(O)O)cc1)N1CCN(C(=O)c2cc3ccc(Br)cc3[nH]2)CC1. The van der Waals surface area contributed by atoms with Crippen LogP contribution in [0.4, 0.5) is 0 Å². The molecule has 2 heterocycles. The van der Waals surface area contributed by atoms with Crippen LogP contribution in [0, 0.1) is 0 Å². The summed E-state index contributed by atoms with van der Waals surface area (Å²) in [5.41, 5.74) is 2.25. The second kappa shape index (κ2) is 8.02. The molecule has 3 N–H and O–H groups in total. The van der Waals surface area contributed by atoms with Crippen LogP contribution in [-0.2, 0) is 0 Å². The third kappa shape index (κ3) is 4.07. The van der Waals surface area contributed by atoms with Gasteiger partial charge in [-0.15, -0.1) is 0 Å². The van der Waals surface area contributed by atoms with Gasteiger partial charge in [0, 0.05) is 47.1 Å². The van der Waals surface area contributed by atoms with Gasteiger partial charge in [-0.25, -0.2) is 0 Å². The Morgan fingerprint density at radius 2 is 1.52 bits per heavy atom. The van der Waals surface area contributed by atoms with Crippen LogP contribution in [-0.4, -0.2) is 69.9 Å². The van der Waals surface area contributed by atoms with Gasteiger partial charge in [-0.05, 0) is 35.8 Å². The molecule has 1 saturated heterocycles. The summed E-state index contributed by atoms with van der Waals surface area (Å²) in [5.74, 6) is -0.211. The van der Waals surface area contributed by atoms with Gasteiger partial charge in [0.2, 0.25) is 0 Å². The number of nitrogens with one attached hydrogen (secondary N) is 1. The number of hydrogen-bond acceptors (Lipinski definition) is 4. The van der Waals surface area contributed by atoms with Crippen molar-refractivity contribution >= 4 is 51.2 Å². The standard InChI is InChI=1S/C20H19BBrN3O4/c22-16-6-3-14-11-18(23-17(14)12-16)20(27)25-9-7-24(8-10-25)19(26)13-1-4-15(5-2-13)21(28)29/h1-6,11-12,23,28-29H,7-10H2. The average molecular weight is 456 g/mol. The van der Waals surface area contributed by atoms with Gasteiger partial charge in [-0.3, -0.25) is 9.59 Å². The van der Waals surface area contributed by atoms with Gasteiger partial charge in [-0.2, -0.15) is 0 Å². The quantitative estimate of drug-likeness (QED) is 0.517. The summed E-state index contributed by atoms with van der Waals surface area (Å²) >= 11 is 3.43. The Morgan fingerprint density at radius 3 is 2.14 bits per heavy atom. The van der Waals surface area contributed by atoms with Crippen LogP contribution >= 0.6 is 15.9 Å². The van der Waals surface area contributed by atoms with Gasteiger partial charge in [0.05, 0.1) is 0 Å². The summed E-state index contributed by atoms with van der Waals surface area (Å²) in [5, 5.41) is 19.3. The van der Waals surface area contributed by atoms with E-state index in [0.29, 0.717) is 42.9 Å². The van der Waals surface area contributed by atoms with E-state index in [1.54, 1.807) is 21.9 Å². The fraction of sp³-hybridized carbons (Fsp3) is 0.200. The number of nitrogens with zero attached hydrogens (tertiary/aromatic N) is 2. The van der Waals surface area contributed by atoms with Crippen molar-refractivity contribution in [2.24, 2.45) is 0 Å². The highest BCUT2D eigenvalue weighted by Crippen LogP contribution is 2.21. The number of fused-ring (bicyclic) bond motifs is 1. The molecule has 2 amide bonds. The first-order valence-electron chi connectivity index (χ1n) is 9.25. The normalized spacial score (nSPS) is 14.3. The van der Waals surface area contributed by atoms with Crippen molar-refractivity contribution in [3.63, 3.8) is 0 Å². The van der Waals surface area contributed by atoms with Crippen LogP contribution in [0.5, 0.6) is 0 Å². The zero-order chi connectivity index (χ0) is 20.5. The molecule has 1 fully saturated rings. The third-order valence-electron chi connectivity index (χ3n) is 5.12. The first kappa shape index (κ1) is 19.7. The smallest absolute Gasteiger partial charge is 0.423 e. The lowest BCUT2D eigenvalue weighted by Gasteiger charge is -2.34. The lowest BCUT2D eigenvalue weighted by Crippen LogP contribution is -2.50. The number of benzene rings is 2. The summed E-state index contributed by atoms with van der Waals surface area (Å²) in [6.45, 7) is 1.80. The molecule has 29 heavy (non-hydrogen) atoms. The number of aromatic amines is 1. The van der Waals surface area contributed by atoms with Crippen LogP contribution in [0.2, 0.25) is 0 Å². The molecule has 3 aromatic rings. The molecular weight excluding hydrogens is 437 g/mol. The maximum absolute atomic E-state index is 12.8. The van der Waals surface area contributed by atoms with Crippen molar-refractivity contribution in [3.05, 3.63) is 64.3 Å². The Labute approximate surface area is 176 Å². The molecular formula is C20H19BBrN3O4. The Hall–Kier alpha value is -2.62. The number of carbonyl (C=O) groups is 2. The van der Waals surface area contributed by atoms with Crippen LogP contribution in [0.3, 0.4) is 0 Å². The lowest BCUT2D eigenvalue weighted by atomic mass is 9.80. The topological polar surface area (TPSA) is 96.9 Å². The van der Waals surface area contributed by atoms with Crippen LogP contribution < -0.4 is 5.46 Å². The van der Waals surface area contributed by atoms with Gasteiger partial charge in [-0.1, -0.05) is 34.1 Å². The minimum Gasteiger partial charge on any atom is -0.423 e. The molecule has 148 valence electrons. The van der Waals surface area contributed by atoms with Crippen molar-refractivity contribution in [1.82, 2.24) is 14.8 Å². The summed E-state index contributed by atoms with van der Waals surface area (Å²) < 4.78 is 0.944. The second-order valence-corrected chi connectivity index (χ2v) is 7.91. The average Bonchev–Trinajstić information content (AvgIpc) is 3.16. The molecule has 0 radical (unpaired) electrons. The maximum atomic E-state index is 12.8. The minimum absolute atomic E-state index is 0.0780. The van der Waals surface area contributed by atoms with Crippen molar-refractivity contribution < 1.29 is 19.6 Å². The van der Waals surface area contributed by atoms with Crippen LogP contribution in [0.15, 0.2) is 53.0 Å². The largest absolute Gasteiger partial charge is 0.488 e. The number of halogens is 1. The van der Waals surface area contributed by atoms with Crippen molar-refractivity contribution in [1.29, 1.82) is 0 Å². The molecule has 9 heteroatoms. The molecule has 0 saturated carbocycles. The van der Waals surface area contributed by atoms with E-state index < -0.39 is 7.12 Å². The van der Waals surface area contributed by atoms with Gasteiger partial charge in [0.15, 0.2) is 0 Å². The number of aromatic nitrogens is 1. The third-order valence-corrected chi connectivity index (χ3v) is 5.62. The highest BCUT2D eigenvalue weighted by atomic mass is 79.9. The lowest BCUT2D eigenvalue weighted by molar-refractivity contribution is 0.0533. The Bertz CT molecular complexity index is 1060. The number of amides is 2. The van der Waals surface area contributed by atoms with Crippen LogP contribution in [0.25, 0.3) is 10.9 Å². The van der Waals surface area contributed by atoms with E-state index in [1.807, 2.05) is 24.3 Å². The van der Waals surface area contributed by atoms with Gasteiger partial charge in [0.25, 0.3) is 11.8 Å². The van der Waals surface area contributed by atoms with Crippen molar-refractivity contribution in [2.45, 2.75) is 0 Å². The molecule has 0 aliphatic carbocycles. The molecule has 0 spiro atoms. The molecule has 2 aromatic carbocycles. The van der Waals surface area contributed by atoms with E-state index in [-0.39, 0.29) is 11.8 Å². The summed E-state index contributed by atoms with van der Waals surface area (Å²) in [6.07, 6.45) is 0. The number of H-pyrrole nitrogens is 1. The maximum Gasteiger partial charge on any atom is 0.488 e. The van der Waals surface area contributed by atoms with E-state index in [4.69, 9.17) is 10.0 Å². The van der Waals surface area contributed by atoms with Gasteiger partial charge >= 0.3 is 7.12 Å². The van der Waals surface area contributed by atoms with E-state index in [9.17, 15) is 9.59 Å². The summed E-state index contributed by atoms with van der Waals surface area (Å²) in [6, 6.07) is 13.9. The molecule has 1 aliphatic heterocycles. The predicted molar refractivity (Wildman–Crippen MR) is 114 cm³/mol. The van der Waals surface area contributed by atoms with Gasteiger partial charge < -0.3 is 24.8 Å². The Morgan fingerprint density at radius 1 is 0.897 bits per heavy atom. The van der Waals surface area contributed by atoms with E-state index in [2.05, 4.69) is 20.9 Å². The van der Waals surface area contributed by atoms with Gasteiger partial charge in [0.1, 0.15) is 5.69 Å². The number of hydrogen-bond donors (Lipinski definition) is 3. The molecule has 4 rings (SSSR count). The molecule has 1 aromatic heterocycles. The Kier molecular flexibility index (Phi) is 5.45. The first-order chi connectivity index (χ1) is 13.9. The fourth-order valence-corrected chi connectivity index (χ4v) is 3.84. The van der Waals surface area contributed by atoms with E-state index >= 15 is 0 Å². The summed E-state index contributed by atoms with van der Waals surface area (Å²) in [7, 11) is -1.56. The zero-order valence-electron chi connectivity index (χ0n) is 15.5. The Balaban J connectivity index is 1.40. The van der Waals surface area contributed by atoms with Crippen molar-refractivity contribution in [3.8, 4) is 0 Å². The fourth-order valence-electron chi connectivity index (χ4n) is 3.48. The van der Waals surface area contributed by atoms with Crippen LogP contribution in [0.1, 0.15) is 20.8 Å². The number of carbonyl (C=O) groups excluding carboxylic acids is 2. The molecule has 0 unspecified atom stereocenters. The highest BCUT2D eigenvalue weighted by molar-refractivity contribution is 9.10. The van der Waals surface area contributed by atoms with E-state index in [1.165, 1.54) is 12.1 Å². The molecule has 0 atom stereocenters.